The summed E-state index contributed by atoms with van der Waals surface area (Å²) in [6.07, 6.45) is 3.38. The van der Waals surface area contributed by atoms with Crippen LogP contribution in [-0.2, 0) is 16.7 Å². The van der Waals surface area contributed by atoms with Crippen LogP contribution < -0.4 is 9.08 Å². The number of carbonyl (C=O) groups excluding carboxylic acids is 1. The Balaban J connectivity index is 1.35. The molecule has 50 heavy (non-hydrogen) atoms. The predicted octanol–water partition coefficient (Wildman–Crippen LogP) is 6.58. The monoisotopic (exact) mass is 712 g/mol. The van der Waals surface area contributed by atoms with Gasteiger partial charge in [-0.05, 0) is 79.5 Å². The van der Waals surface area contributed by atoms with Gasteiger partial charge in [-0.3, -0.25) is 4.79 Å². The highest BCUT2D eigenvalue weighted by Gasteiger charge is 2.34. The van der Waals surface area contributed by atoms with Gasteiger partial charge in [0.25, 0.3) is 5.91 Å². The van der Waals surface area contributed by atoms with Gasteiger partial charge in [0.2, 0.25) is 0 Å². The van der Waals surface area contributed by atoms with Crippen LogP contribution in [0.2, 0.25) is 5.02 Å². The van der Waals surface area contributed by atoms with E-state index in [1.807, 2.05) is 65.6 Å². The Bertz CT molecular complexity index is 2090. The van der Waals surface area contributed by atoms with Crippen LogP contribution in [0.4, 0.5) is 5.69 Å². The Labute approximate surface area is 298 Å². The molecular formula is C39H41ClN4O5S. The molecule has 9 nitrogen and oxygen atoms in total. The van der Waals surface area contributed by atoms with Crippen molar-refractivity contribution in [3.05, 3.63) is 124 Å². The number of fused-ring (bicyclic) bond motifs is 1. The number of halogens is 1. The molecule has 1 unspecified atom stereocenters. The number of aromatic hydroxyl groups is 1. The lowest BCUT2D eigenvalue weighted by molar-refractivity contribution is 0.0734. The van der Waals surface area contributed by atoms with Gasteiger partial charge < -0.3 is 28.6 Å². The number of piperazine rings is 1. The number of para-hydroxylation sites is 2. The first-order valence-electron chi connectivity index (χ1n) is 17.1. The van der Waals surface area contributed by atoms with Crippen molar-refractivity contribution in [2.75, 3.05) is 57.0 Å². The number of hydrogen-bond donors (Lipinski definition) is 1. The molecule has 0 saturated carbocycles. The van der Waals surface area contributed by atoms with Crippen molar-refractivity contribution in [2.24, 2.45) is 0 Å². The molecule has 0 aliphatic carbocycles. The highest BCUT2D eigenvalue weighted by molar-refractivity contribution is 7.86. The molecule has 2 aliphatic heterocycles. The lowest BCUT2D eigenvalue weighted by Gasteiger charge is -2.37. The number of phenols is 1. The first kappa shape index (κ1) is 34.0. The number of nitrogens with zero attached hydrogens (tertiary/aromatic N) is 4. The molecule has 260 valence electrons. The molecule has 0 radical (unpaired) electrons. The molecule has 3 heterocycles. The predicted molar refractivity (Wildman–Crippen MR) is 198 cm³/mol. The van der Waals surface area contributed by atoms with Crippen molar-refractivity contribution in [3.8, 4) is 11.5 Å². The third-order valence-corrected chi connectivity index (χ3v) is 10.6. The fourth-order valence-corrected chi connectivity index (χ4v) is 8.14. The first-order chi connectivity index (χ1) is 24.2. The molecule has 5 aromatic rings. The van der Waals surface area contributed by atoms with Crippen LogP contribution in [0.15, 0.2) is 97.1 Å². The molecule has 11 heteroatoms. The van der Waals surface area contributed by atoms with Crippen molar-refractivity contribution in [1.29, 1.82) is 0 Å². The highest BCUT2D eigenvalue weighted by atomic mass is 35.5. The minimum atomic E-state index is -3.71. The quantitative estimate of drug-likeness (QED) is 0.164. The second-order valence-electron chi connectivity index (χ2n) is 13.1. The average molecular weight is 713 g/mol. The van der Waals surface area contributed by atoms with Crippen molar-refractivity contribution in [3.63, 3.8) is 0 Å². The van der Waals surface area contributed by atoms with Gasteiger partial charge in [-0.25, -0.2) is 0 Å². The van der Waals surface area contributed by atoms with E-state index in [-0.39, 0.29) is 17.4 Å². The van der Waals surface area contributed by atoms with E-state index in [1.54, 1.807) is 24.3 Å². The van der Waals surface area contributed by atoms with Gasteiger partial charge >= 0.3 is 10.1 Å². The van der Waals surface area contributed by atoms with Crippen molar-refractivity contribution in [2.45, 2.75) is 25.3 Å². The zero-order chi connectivity index (χ0) is 34.8. The van der Waals surface area contributed by atoms with E-state index in [9.17, 15) is 13.5 Å². The van der Waals surface area contributed by atoms with Gasteiger partial charge in [0.15, 0.2) is 0 Å². The van der Waals surface area contributed by atoms with Gasteiger partial charge in [-0.15, -0.1) is 0 Å². The van der Waals surface area contributed by atoms with Gasteiger partial charge in [0, 0.05) is 61.7 Å². The van der Waals surface area contributed by atoms with E-state index in [0.717, 1.165) is 59.2 Å². The summed E-state index contributed by atoms with van der Waals surface area (Å²) >= 11 is 6.55. The smallest absolute Gasteiger partial charge is 0.306 e. The summed E-state index contributed by atoms with van der Waals surface area (Å²) in [7, 11) is -3.71. The molecule has 1 atom stereocenters. The summed E-state index contributed by atoms with van der Waals surface area (Å²) in [6.45, 7) is 5.99. The first-order valence-corrected chi connectivity index (χ1v) is 19.3. The van der Waals surface area contributed by atoms with Crippen LogP contribution in [0.3, 0.4) is 0 Å². The van der Waals surface area contributed by atoms with Crippen LogP contribution >= 0.6 is 11.6 Å². The third-order valence-electron chi connectivity index (χ3n) is 9.79. The van der Waals surface area contributed by atoms with Gasteiger partial charge in [0.1, 0.15) is 17.2 Å². The minimum Gasteiger partial charge on any atom is -0.508 e. The molecule has 2 aliphatic rings. The minimum absolute atomic E-state index is 0.0303. The summed E-state index contributed by atoms with van der Waals surface area (Å²) in [5.74, 6) is -0.0898. The molecule has 0 bridgehead atoms. The van der Waals surface area contributed by atoms with Crippen LogP contribution in [-0.4, -0.2) is 85.9 Å². The molecule has 1 aromatic heterocycles. The van der Waals surface area contributed by atoms with Crippen LogP contribution in [0.1, 0.15) is 45.9 Å². The largest absolute Gasteiger partial charge is 0.508 e. The highest BCUT2D eigenvalue weighted by Crippen LogP contribution is 2.42. The third kappa shape index (κ3) is 7.19. The Morgan fingerprint density at radius 2 is 1.42 bits per heavy atom. The number of anilines is 1. The number of aromatic nitrogens is 1. The zero-order valence-electron chi connectivity index (χ0n) is 28.0. The van der Waals surface area contributed by atoms with E-state index in [0.29, 0.717) is 43.4 Å². The number of carbonyl (C=O) groups is 1. The Morgan fingerprint density at radius 1 is 0.800 bits per heavy atom. The maximum atomic E-state index is 15.1. The van der Waals surface area contributed by atoms with Gasteiger partial charge in [0.05, 0.1) is 17.0 Å². The summed E-state index contributed by atoms with van der Waals surface area (Å²) in [5.41, 5.74) is 5.23. The SMILES string of the molecule is CS(=O)(=O)Oc1ccc(C(c2ccc(O)cc2)c2c(C(=O)N3CCN(c4ccccc4Cl)CC3)n(CCN3CCCC3)c3ccccc23)cc1. The molecule has 7 rings (SSSR count). The summed E-state index contributed by atoms with van der Waals surface area (Å²) in [4.78, 5) is 21.7. The second kappa shape index (κ2) is 14.4. The molecule has 4 aromatic carbocycles. The number of amides is 1. The second-order valence-corrected chi connectivity index (χ2v) is 15.1. The number of phenolic OH excluding ortho intramolecular Hbond substituents is 1. The fourth-order valence-electron chi connectivity index (χ4n) is 7.42. The number of benzene rings is 4. The van der Waals surface area contributed by atoms with E-state index < -0.39 is 16.0 Å². The molecule has 0 spiro atoms. The molecule has 1 amide bonds. The summed E-state index contributed by atoms with van der Waals surface area (Å²) < 4.78 is 31.1. The summed E-state index contributed by atoms with van der Waals surface area (Å²) in [5, 5.41) is 11.9. The lowest BCUT2D eigenvalue weighted by Crippen LogP contribution is -2.49. The number of hydrogen-bond acceptors (Lipinski definition) is 7. The van der Waals surface area contributed by atoms with E-state index >= 15 is 4.79 Å². The maximum Gasteiger partial charge on any atom is 0.306 e. The molecule has 1 N–H and O–H groups in total. The Morgan fingerprint density at radius 3 is 2.08 bits per heavy atom. The standard InChI is InChI=1S/C39H41ClN4O5S/c1-50(47,48)49-31-18-14-29(15-19-31)36(28-12-16-30(45)17-13-28)37-32-8-2-4-10-34(32)44(27-22-41-20-6-7-21-41)38(37)39(46)43-25-23-42(24-26-43)35-11-5-3-9-33(35)40/h2-5,8-19,36,45H,6-7,20-27H2,1H3. The maximum absolute atomic E-state index is 15.1. The van der Waals surface area contributed by atoms with Crippen molar-refractivity contribution < 1.29 is 22.5 Å². The van der Waals surface area contributed by atoms with Gasteiger partial charge in [-0.1, -0.05) is 66.2 Å². The number of likely N-dealkylation sites (tertiary alicyclic amines) is 1. The summed E-state index contributed by atoms with van der Waals surface area (Å²) in [6, 6.07) is 30.1. The van der Waals surface area contributed by atoms with Crippen molar-refractivity contribution >= 4 is 44.2 Å². The number of rotatable bonds is 10. The molecular weight excluding hydrogens is 672 g/mol. The Kier molecular flexibility index (Phi) is 9.77. The fraction of sp³-hybridized carbons (Fsp3) is 0.308. The van der Waals surface area contributed by atoms with Crippen LogP contribution in [0.25, 0.3) is 10.9 Å². The average Bonchev–Trinajstić information content (AvgIpc) is 3.75. The van der Waals surface area contributed by atoms with E-state index in [1.165, 1.54) is 12.8 Å². The normalized spacial score (nSPS) is 16.2. The molecule has 2 saturated heterocycles. The van der Waals surface area contributed by atoms with Crippen molar-refractivity contribution in [1.82, 2.24) is 14.4 Å². The zero-order valence-corrected chi connectivity index (χ0v) is 29.6. The van der Waals surface area contributed by atoms with E-state index in [4.69, 9.17) is 15.8 Å². The Hall–Kier alpha value is -4.51. The topological polar surface area (TPSA) is 95.3 Å². The van der Waals surface area contributed by atoms with Crippen LogP contribution in [0, 0.1) is 0 Å². The molecule has 2 fully saturated rings. The van der Waals surface area contributed by atoms with Crippen LogP contribution in [0.5, 0.6) is 11.5 Å². The van der Waals surface area contributed by atoms with E-state index in [2.05, 4.69) is 26.5 Å². The van der Waals surface area contributed by atoms with Gasteiger partial charge in [-0.2, -0.15) is 8.42 Å². The lowest BCUT2D eigenvalue weighted by atomic mass is 9.83.